The zero-order valence-electron chi connectivity index (χ0n) is 10.6. The van der Waals surface area contributed by atoms with Crippen molar-refractivity contribution < 1.29 is 23.7 Å². The Balaban J connectivity index is 1.94. The minimum Gasteiger partial charge on any atom is -0.382 e. The number of rotatable bonds is 10. The fraction of sp³-hybridized carbons (Fsp3) is 0.917. The Morgan fingerprint density at radius 1 is 1.18 bits per heavy atom. The third-order valence-corrected chi connectivity index (χ3v) is 2.60. The fourth-order valence-electron chi connectivity index (χ4n) is 1.63. The quantitative estimate of drug-likeness (QED) is 0.534. The lowest BCUT2D eigenvalue weighted by Crippen LogP contribution is -2.50. The molecule has 1 fully saturated rings. The molecule has 5 nitrogen and oxygen atoms in total. The second-order valence-electron chi connectivity index (χ2n) is 3.91. The molecule has 1 rings (SSSR count). The highest BCUT2D eigenvalue weighted by Gasteiger charge is 2.41. The van der Waals surface area contributed by atoms with E-state index in [2.05, 4.69) is 0 Å². The van der Waals surface area contributed by atoms with Crippen molar-refractivity contribution in [2.45, 2.75) is 32.0 Å². The van der Waals surface area contributed by atoms with Gasteiger partial charge in [0.2, 0.25) is 0 Å². The first-order chi connectivity index (χ1) is 8.29. The maximum Gasteiger partial charge on any atom is 0.166 e. The van der Waals surface area contributed by atoms with Crippen LogP contribution in [0.1, 0.15) is 19.8 Å². The maximum atomic E-state index is 11.2. The van der Waals surface area contributed by atoms with Crippen molar-refractivity contribution in [3.8, 4) is 0 Å². The summed E-state index contributed by atoms with van der Waals surface area (Å²) in [7, 11) is 1.65. The van der Waals surface area contributed by atoms with Crippen LogP contribution in [0.25, 0.3) is 0 Å². The van der Waals surface area contributed by atoms with Gasteiger partial charge in [0.25, 0.3) is 0 Å². The summed E-state index contributed by atoms with van der Waals surface area (Å²) in [6.45, 7) is 4.92. The molecule has 0 saturated heterocycles. The topological polar surface area (TPSA) is 54.0 Å². The van der Waals surface area contributed by atoms with Gasteiger partial charge in [-0.15, -0.1) is 0 Å². The molecule has 0 amide bonds. The van der Waals surface area contributed by atoms with Crippen molar-refractivity contribution in [1.82, 2.24) is 0 Å². The lowest BCUT2D eigenvalue weighted by molar-refractivity contribution is -0.165. The molecule has 2 atom stereocenters. The molecular weight excluding hydrogens is 224 g/mol. The number of hydrogen-bond acceptors (Lipinski definition) is 5. The van der Waals surface area contributed by atoms with Crippen molar-refractivity contribution in [1.29, 1.82) is 0 Å². The number of methoxy groups -OCH3 is 1. The molecule has 0 radical (unpaired) electrons. The predicted octanol–water partition coefficient (Wildman–Crippen LogP) is 0.803. The van der Waals surface area contributed by atoms with Crippen LogP contribution in [-0.2, 0) is 23.7 Å². The smallest absolute Gasteiger partial charge is 0.166 e. The van der Waals surface area contributed by atoms with E-state index in [0.29, 0.717) is 39.5 Å². The standard InChI is InChI=1S/C12H22O5/c1-3-16-12-10(13)9-11(12)17-6-4-5-15-8-7-14-2/h11-12H,3-9H2,1-2H3. The van der Waals surface area contributed by atoms with Gasteiger partial charge in [-0.3, -0.25) is 4.79 Å². The lowest BCUT2D eigenvalue weighted by Gasteiger charge is -2.34. The Morgan fingerprint density at radius 2 is 2.00 bits per heavy atom. The normalized spacial score (nSPS) is 23.8. The molecule has 1 saturated carbocycles. The largest absolute Gasteiger partial charge is 0.382 e. The van der Waals surface area contributed by atoms with Gasteiger partial charge < -0.3 is 18.9 Å². The molecule has 100 valence electrons. The Labute approximate surface area is 102 Å². The SMILES string of the molecule is CCOC1C(=O)CC1OCCCOCCOC. The second-order valence-corrected chi connectivity index (χ2v) is 3.91. The molecule has 0 heterocycles. The number of ether oxygens (including phenoxy) is 4. The van der Waals surface area contributed by atoms with E-state index in [4.69, 9.17) is 18.9 Å². The fourth-order valence-corrected chi connectivity index (χ4v) is 1.63. The van der Waals surface area contributed by atoms with Gasteiger partial charge in [-0.1, -0.05) is 0 Å². The number of carbonyl (C=O) groups is 1. The summed E-state index contributed by atoms with van der Waals surface area (Å²) in [5, 5.41) is 0. The molecule has 0 aromatic heterocycles. The van der Waals surface area contributed by atoms with Gasteiger partial charge >= 0.3 is 0 Å². The number of carbonyl (C=O) groups excluding carboxylic acids is 1. The summed E-state index contributed by atoms with van der Waals surface area (Å²) in [5.41, 5.74) is 0. The zero-order valence-corrected chi connectivity index (χ0v) is 10.6. The zero-order chi connectivity index (χ0) is 12.5. The van der Waals surface area contributed by atoms with Gasteiger partial charge in [-0.2, -0.15) is 0 Å². The molecule has 0 bridgehead atoms. The van der Waals surface area contributed by atoms with Crippen LogP contribution >= 0.6 is 0 Å². The first-order valence-corrected chi connectivity index (χ1v) is 6.12. The van der Waals surface area contributed by atoms with Crippen LogP contribution < -0.4 is 0 Å². The van der Waals surface area contributed by atoms with Crippen LogP contribution in [0.3, 0.4) is 0 Å². The Kier molecular flexibility index (Phi) is 7.35. The number of ketones is 1. The summed E-state index contributed by atoms with van der Waals surface area (Å²) in [5.74, 6) is 0.146. The molecule has 0 aromatic carbocycles. The van der Waals surface area contributed by atoms with E-state index in [0.717, 1.165) is 6.42 Å². The van der Waals surface area contributed by atoms with E-state index >= 15 is 0 Å². The molecule has 1 aliphatic carbocycles. The molecule has 0 aromatic rings. The van der Waals surface area contributed by atoms with Crippen LogP contribution in [-0.4, -0.2) is 58.1 Å². The number of Topliss-reactive ketones (excluding diaryl/α,β-unsaturated/α-hetero) is 1. The Morgan fingerprint density at radius 3 is 2.65 bits per heavy atom. The number of hydrogen-bond donors (Lipinski definition) is 0. The lowest BCUT2D eigenvalue weighted by atomic mass is 9.90. The molecule has 1 aliphatic rings. The van der Waals surface area contributed by atoms with Crippen LogP contribution in [0.2, 0.25) is 0 Å². The summed E-state index contributed by atoms with van der Waals surface area (Å²) in [6.07, 6.45) is 0.915. The third-order valence-electron chi connectivity index (χ3n) is 2.60. The van der Waals surface area contributed by atoms with Crippen LogP contribution in [0.5, 0.6) is 0 Å². The highest BCUT2D eigenvalue weighted by molar-refractivity contribution is 5.90. The molecular formula is C12H22O5. The van der Waals surface area contributed by atoms with Crippen molar-refractivity contribution in [3.63, 3.8) is 0 Å². The van der Waals surface area contributed by atoms with Gasteiger partial charge in [0.1, 0.15) is 6.10 Å². The van der Waals surface area contributed by atoms with E-state index in [9.17, 15) is 4.79 Å². The highest BCUT2D eigenvalue weighted by atomic mass is 16.5. The summed E-state index contributed by atoms with van der Waals surface area (Å²) < 4.78 is 21.0. The molecule has 5 heteroatoms. The van der Waals surface area contributed by atoms with Crippen molar-refractivity contribution in [2.75, 3.05) is 40.1 Å². The maximum absolute atomic E-state index is 11.2. The predicted molar refractivity (Wildman–Crippen MR) is 62.1 cm³/mol. The average molecular weight is 246 g/mol. The van der Waals surface area contributed by atoms with Gasteiger partial charge in [0.15, 0.2) is 5.78 Å². The minimum absolute atomic E-state index is 0.0542. The van der Waals surface area contributed by atoms with E-state index in [1.54, 1.807) is 7.11 Å². The van der Waals surface area contributed by atoms with Gasteiger partial charge in [0, 0.05) is 33.4 Å². The molecule has 2 unspecified atom stereocenters. The van der Waals surface area contributed by atoms with E-state index in [1.807, 2.05) is 6.92 Å². The first-order valence-electron chi connectivity index (χ1n) is 6.12. The van der Waals surface area contributed by atoms with E-state index in [-0.39, 0.29) is 18.0 Å². The molecule has 0 N–H and O–H groups in total. The van der Waals surface area contributed by atoms with Crippen molar-refractivity contribution >= 4 is 5.78 Å². The molecule has 17 heavy (non-hydrogen) atoms. The second kappa shape index (κ2) is 8.58. The molecule has 0 spiro atoms. The van der Waals surface area contributed by atoms with Gasteiger partial charge in [-0.25, -0.2) is 0 Å². The Hall–Kier alpha value is -0.490. The monoisotopic (exact) mass is 246 g/mol. The summed E-state index contributed by atoms with van der Waals surface area (Å²) in [6, 6.07) is 0. The van der Waals surface area contributed by atoms with E-state index < -0.39 is 0 Å². The van der Waals surface area contributed by atoms with Crippen molar-refractivity contribution in [3.05, 3.63) is 0 Å². The van der Waals surface area contributed by atoms with Crippen molar-refractivity contribution in [2.24, 2.45) is 0 Å². The third kappa shape index (κ3) is 5.12. The summed E-state index contributed by atoms with van der Waals surface area (Å²) >= 11 is 0. The van der Waals surface area contributed by atoms with E-state index in [1.165, 1.54) is 0 Å². The minimum atomic E-state index is -0.339. The average Bonchev–Trinajstić information content (AvgIpc) is 2.33. The Bertz CT molecular complexity index is 219. The van der Waals surface area contributed by atoms with Gasteiger partial charge in [-0.05, 0) is 13.3 Å². The van der Waals surface area contributed by atoms with Crippen LogP contribution in [0.4, 0.5) is 0 Å². The highest BCUT2D eigenvalue weighted by Crippen LogP contribution is 2.22. The van der Waals surface area contributed by atoms with Crippen LogP contribution in [0, 0.1) is 0 Å². The first kappa shape index (κ1) is 14.6. The summed E-state index contributed by atoms with van der Waals surface area (Å²) in [4.78, 5) is 11.2. The van der Waals surface area contributed by atoms with Gasteiger partial charge in [0.05, 0.1) is 19.3 Å². The van der Waals surface area contributed by atoms with Crippen LogP contribution in [0.15, 0.2) is 0 Å². The molecule has 0 aliphatic heterocycles.